The van der Waals surface area contributed by atoms with E-state index in [-0.39, 0.29) is 9.90 Å². The van der Waals surface area contributed by atoms with E-state index in [1.54, 1.807) is 18.2 Å². The van der Waals surface area contributed by atoms with Crippen molar-refractivity contribution < 1.29 is 14.0 Å². The predicted molar refractivity (Wildman–Crippen MR) is 115 cm³/mol. The van der Waals surface area contributed by atoms with Gasteiger partial charge in [0.15, 0.2) is 0 Å². The van der Waals surface area contributed by atoms with Crippen molar-refractivity contribution in [2.75, 3.05) is 4.90 Å². The van der Waals surface area contributed by atoms with E-state index in [0.29, 0.717) is 26.2 Å². The zero-order chi connectivity index (χ0) is 21.2. The maximum atomic E-state index is 13.5. The molecule has 152 valence electrons. The summed E-state index contributed by atoms with van der Waals surface area (Å²) in [7, 11) is 0. The number of nitrogens with zero attached hydrogens (tertiary/aromatic N) is 1. The Balaban J connectivity index is 1.68. The largest absolute Gasteiger partial charge is 0.307 e. The summed E-state index contributed by atoms with van der Waals surface area (Å²) in [5, 5.41) is 0.400. The molecule has 2 aliphatic heterocycles. The van der Waals surface area contributed by atoms with E-state index in [0.717, 1.165) is 28.0 Å². The first-order valence-electron chi connectivity index (χ1n) is 8.83. The lowest BCUT2D eigenvalue weighted by molar-refractivity contribution is -0.122. The van der Waals surface area contributed by atoms with E-state index in [1.165, 1.54) is 24.3 Å². The third kappa shape index (κ3) is 2.93. The number of benzene rings is 2. The van der Waals surface area contributed by atoms with Gasteiger partial charge < -0.3 is 4.98 Å². The van der Waals surface area contributed by atoms with Crippen LogP contribution >= 0.6 is 46.3 Å². The number of anilines is 1. The summed E-state index contributed by atoms with van der Waals surface area (Å²) in [6.45, 7) is 0. The molecule has 1 aromatic heterocycles. The van der Waals surface area contributed by atoms with Gasteiger partial charge in [0.05, 0.1) is 26.7 Å². The van der Waals surface area contributed by atoms with Crippen LogP contribution in [0.15, 0.2) is 52.3 Å². The lowest BCUT2D eigenvalue weighted by atomic mass is 9.83. The van der Waals surface area contributed by atoms with E-state index in [9.17, 15) is 18.8 Å². The van der Waals surface area contributed by atoms with Gasteiger partial charge >= 0.3 is 4.87 Å². The van der Waals surface area contributed by atoms with Crippen molar-refractivity contribution in [3.05, 3.63) is 78.4 Å². The summed E-state index contributed by atoms with van der Waals surface area (Å²) in [5.74, 6) is -2.68. The average Bonchev–Trinajstić information content (AvgIpc) is 3.20. The van der Waals surface area contributed by atoms with E-state index >= 15 is 0 Å². The predicted octanol–water partition coefficient (Wildman–Crippen LogP) is 4.68. The second kappa shape index (κ2) is 7.23. The van der Waals surface area contributed by atoms with Gasteiger partial charge in [-0.1, -0.05) is 58.4 Å². The highest BCUT2D eigenvalue weighted by atomic mass is 35.5. The number of hydrogen-bond donors (Lipinski definition) is 1. The molecule has 3 heterocycles. The first-order chi connectivity index (χ1) is 14.4. The van der Waals surface area contributed by atoms with E-state index in [1.807, 2.05) is 0 Å². The standard InChI is InChI=1S/C20H11Cl2FN2O3S2/c21-11-3-1-2-10(14(11)22)12-13-16(29-17-15(12)30-20(28)24-17)19(27)25(18(13)26)9-6-4-8(23)5-7-9/h1-7,12-13,16H,(H,24,28). The number of carbonyl (C=O) groups excluding carboxylic acids is 2. The van der Waals surface area contributed by atoms with Gasteiger partial charge in [-0.3, -0.25) is 14.4 Å². The van der Waals surface area contributed by atoms with Gasteiger partial charge in [0, 0.05) is 10.8 Å². The Morgan fingerprint density at radius 1 is 1.00 bits per heavy atom. The number of halogens is 3. The molecule has 5 nitrogen and oxygen atoms in total. The maximum Gasteiger partial charge on any atom is 0.305 e. The molecule has 3 aromatic rings. The highest BCUT2D eigenvalue weighted by molar-refractivity contribution is 8.00. The Hall–Kier alpha value is -2.13. The van der Waals surface area contributed by atoms with Crippen LogP contribution in [0.3, 0.4) is 0 Å². The Morgan fingerprint density at radius 2 is 1.73 bits per heavy atom. The number of thiazole rings is 1. The molecule has 10 heteroatoms. The van der Waals surface area contributed by atoms with Gasteiger partial charge in [-0.2, -0.15) is 0 Å². The number of amides is 2. The number of rotatable bonds is 2. The summed E-state index contributed by atoms with van der Waals surface area (Å²) in [4.78, 5) is 43.0. The summed E-state index contributed by atoms with van der Waals surface area (Å²) in [6.07, 6.45) is 0. The molecular formula is C20H11Cl2FN2O3S2. The molecule has 2 aromatic carbocycles. The third-order valence-electron chi connectivity index (χ3n) is 5.23. The molecule has 3 atom stereocenters. The molecule has 1 fully saturated rings. The average molecular weight is 481 g/mol. The number of nitrogens with one attached hydrogen (secondary N) is 1. The molecular weight excluding hydrogens is 470 g/mol. The minimum atomic E-state index is -0.775. The van der Waals surface area contributed by atoms with Gasteiger partial charge in [-0.05, 0) is 35.9 Å². The first-order valence-corrected chi connectivity index (χ1v) is 11.3. The summed E-state index contributed by atoms with van der Waals surface area (Å²) >= 11 is 14.8. The Kier molecular flexibility index (Phi) is 4.77. The highest BCUT2D eigenvalue weighted by Crippen LogP contribution is 2.54. The second-order valence-electron chi connectivity index (χ2n) is 6.88. The molecule has 0 radical (unpaired) electrons. The fourth-order valence-corrected chi connectivity index (χ4v) is 6.89. The first kappa shape index (κ1) is 19.8. The molecule has 30 heavy (non-hydrogen) atoms. The lowest BCUT2D eigenvalue weighted by Crippen LogP contribution is -2.32. The van der Waals surface area contributed by atoms with E-state index in [4.69, 9.17) is 23.2 Å². The number of fused-ring (bicyclic) bond motifs is 2. The zero-order valence-electron chi connectivity index (χ0n) is 14.9. The van der Waals surface area contributed by atoms with Crippen molar-refractivity contribution in [3.63, 3.8) is 0 Å². The molecule has 1 N–H and O–H groups in total. The van der Waals surface area contributed by atoms with Crippen molar-refractivity contribution in [1.29, 1.82) is 0 Å². The number of thioether (sulfide) groups is 1. The van der Waals surface area contributed by atoms with Crippen LogP contribution in [0.1, 0.15) is 16.4 Å². The van der Waals surface area contributed by atoms with Crippen molar-refractivity contribution >= 4 is 63.8 Å². The van der Waals surface area contributed by atoms with Crippen LogP contribution in [0.2, 0.25) is 10.0 Å². The fourth-order valence-electron chi connectivity index (χ4n) is 3.96. The Labute approximate surface area is 187 Å². The quantitative estimate of drug-likeness (QED) is 0.540. The van der Waals surface area contributed by atoms with Gasteiger partial charge in [0.2, 0.25) is 11.8 Å². The van der Waals surface area contributed by atoms with Gasteiger partial charge in [0.25, 0.3) is 0 Å². The van der Waals surface area contributed by atoms with Crippen molar-refractivity contribution in [1.82, 2.24) is 4.98 Å². The minimum absolute atomic E-state index is 0.272. The van der Waals surface area contributed by atoms with Gasteiger partial charge in [-0.15, -0.1) is 0 Å². The molecule has 2 amide bonds. The molecule has 3 unspecified atom stereocenters. The lowest BCUT2D eigenvalue weighted by Gasteiger charge is -2.30. The normalized spacial score (nSPS) is 22.9. The number of H-pyrrole nitrogens is 1. The molecule has 0 saturated carbocycles. The monoisotopic (exact) mass is 480 g/mol. The second-order valence-corrected chi connectivity index (χ2v) is 9.83. The van der Waals surface area contributed by atoms with E-state index < -0.39 is 34.7 Å². The molecule has 0 bridgehead atoms. The van der Waals surface area contributed by atoms with Crippen molar-refractivity contribution in [3.8, 4) is 0 Å². The Bertz CT molecular complexity index is 1260. The third-order valence-corrected chi connectivity index (χ3v) is 8.46. The number of aromatic amines is 1. The van der Waals surface area contributed by atoms with Crippen LogP contribution in [0.5, 0.6) is 0 Å². The minimum Gasteiger partial charge on any atom is -0.307 e. The number of carbonyl (C=O) groups is 2. The fraction of sp³-hybridized carbons (Fsp3) is 0.150. The number of hydrogen-bond acceptors (Lipinski definition) is 5. The van der Waals surface area contributed by atoms with Crippen molar-refractivity contribution in [2.24, 2.45) is 5.92 Å². The summed E-state index contributed by atoms with van der Waals surface area (Å²) in [6, 6.07) is 10.3. The van der Waals surface area contributed by atoms with E-state index in [2.05, 4.69) is 4.98 Å². The molecule has 0 aliphatic carbocycles. The smallest absolute Gasteiger partial charge is 0.305 e. The van der Waals surface area contributed by atoms with Crippen LogP contribution in [-0.4, -0.2) is 22.0 Å². The molecule has 1 saturated heterocycles. The van der Waals surface area contributed by atoms with Crippen LogP contribution in [0, 0.1) is 11.7 Å². The highest BCUT2D eigenvalue weighted by Gasteiger charge is 2.56. The molecule has 5 rings (SSSR count). The summed E-state index contributed by atoms with van der Waals surface area (Å²) < 4.78 is 13.4. The van der Waals surface area contributed by atoms with Gasteiger partial charge in [0.1, 0.15) is 11.1 Å². The number of aromatic nitrogens is 1. The topological polar surface area (TPSA) is 70.2 Å². The molecule has 0 spiro atoms. The maximum absolute atomic E-state index is 13.5. The van der Waals surface area contributed by atoms with Crippen LogP contribution in [-0.2, 0) is 9.59 Å². The SMILES string of the molecule is O=C1C2Sc3[nH]c(=O)sc3C(c3cccc(Cl)c3Cl)C2C(=O)N1c1ccc(F)cc1. The Morgan fingerprint density at radius 3 is 2.47 bits per heavy atom. The van der Waals surface area contributed by atoms with Crippen LogP contribution in [0.25, 0.3) is 0 Å². The van der Waals surface area contributed by atoms with Crippen LogP contribution in [0.4, 0.5) is 10.1 Å². The number of imide groups is 1. The molecule has 2 aliphatic rings. The van der Waals surface area contributed by atoms with Crippen molar-refractivity contribution in [2.45, 2.75) is 16.2 Å². The van der Waals surface area contributed by atoms with Gasteiger partial charge in [-0.25, -0.2) is 9.29 Å². The van der Waals surface area contributed by atoms with Crippen LogP contribution < -0.4 is 9.77 Å². The summed E-state index contributed by atoms with van der Waals surface area (Å²) in [5.41, 5.74) is 0.882. The zero-order valence-corrected chi connectivity index (χ0v) is 18.0.